The van der Waals surface area contributed by atoms with E-state index in [1.807, 2.05) is 30.3 Å². The summed E-state index contributed by atoms with van der Waals surface area (Å²) in [5.41, 5.74) is 3.85. The van der Waals surface area contributed by atoms with Crippen molar-refractivity contribution in [1.29, 1.82) is 0 Å². The van der Waals surface area contributed by atoms with Crippen molar-refractivity contribution in [2.24, 2.45) is 5.10 Å². The molecule has 3 rings (SSSR count). The van der Waals surface area contributed by atoms with Gasteiger partial charge in [-0.2, -0.15) is 5.10 Å². The Morgan fingerprint density at radius 1 is 1.12 bits per heavy atom. The van der Waals surface area contributed by atoms with Crippen LogP contribution in [-0.2, 0) is 0 Å². The van der Waals surface area contributed by atoms with Gasteiger partial charge in [-0.25, -0.2) is 5.43 Å². The van der Waals surface area contributed by atoms with Gasteiger partial charge in [0.2, 0.25) is 0 Å². The molecule has 24 heavy (non-hydrogen) atoms. The molecule has 2 aromatic carbocycles. The summed E-state index contributed by atoms with van der Waals surface area (Å²) in [6, 6.07) is 18.0. The second-order valence-electron chi connectivity index (χ2n) is 4.92. The maximum atomic E-state index is 12.0. The van der Waals surface area contributed by atoms with Crippen LogP contribution in [0.3, 0.4) is 0 Å². The van der Waals surface area contributed by atoms with Gasteiger partial charge in [-0.3, -0.25) is 4.79 Å². The number of halogens is 2. The zero-order chi connectivity index (χ0) is 16.9. The lowest BCUT2D eigenvalue weighted by Gasteiger charge is -1.99. The van der Waals surface area contributed by atoms with Gasteiger partial charge in [0.05, 0.1) is 6.21 Å². The molecule has 4 nitrogen and oxygen atoms in total. The molecule has 0 aliphatic carbocycles. The van der Waals surface area contributed by atoms with Crippen molar-refractivity contribution in [2.45, 2.75) is 0 Å². The number of rotatable bonds is 4. The van der Waals surface area contributed by atoms with Crippen LogP contribution in [0.1, 0.15) is 16.1 Å². The number of amides is 1. The monoisotopic (exact) mass is 402 g/mol. The minimum atomic E-state index is -0.297. The quantitative estimate of drug-likeness (QED) is 0.485. The number of carbonyl (C=O) groups is 1. The predicted octanol–water partition coefficient (Wildman–Crippen LogP) is 5.13. The van der Waals surface area contributed by atoms with Gasteiger partial charge in [0, 0.05) is 20.6 Å². The van der Waals surface area contributed by atoms with Crippen molar-refractivity contribution in [3.05, 3.63) is 81.5 Å². The van der Waals surface area contributed by atoms with E-state index in [-0.39, 0.29) is 5.91 Å². The number of hydrazone groups is 1. The number of nitrogens with one attached hydrogen (secondary N) is 1. The molecule has 0 bridgehead atoms. The molecule has 0 saturated heterocycles. The van der Waals surface area contributed by atoms with Gasteiger partial charge in [0.15, 0.2) is 0 Å². The van der Waals surface area contributed by atoms with Crippen LogP contribution in [0.5, 0.6) is 0 Å². The molecule has 0 atom stereocenters. The molecule has 0 unspecified atom stereocenters. The van der Waals surface area contributed by atoms with Crippen LogP contribution in [0.4, 0.5) is 0 Å². The third-order valence-corrected chi connectivity index (χ3v) is 3.91. The Morgan fingerprint density at radius 2 is 1.96 bits per heavy atom. The first-order valence-corrected chi connectivity index (χ1v) is 8.24. The lowest BCUT2D eigenvalue weighted by molar-refractivity contribution is 0.0955. The first kappa shape index (κ1) is 16.5. The topological polar surface area (TPSA) is 54.6 Å². The molecule has 1 N–H and O–H groups in total. The third kappa shape index (κ3) is 4.13. The zero-order valence-electron chi connectivity index (χ0n) is 12.4. The third-order valence-electron chi connectivity index (χ3n) is 3.18. The van der Waals surface area contributed by atoms with Crippen LogP contribution < -0.4 is 5.43 Å². The summed E-state index contributed by atoms with van der Waals surface area (Å²) in [6.45, 7) is 0. The predicted molar refractivity (Wildman–Crippen MR) is 98.4 cm³/mol. The normalized spacial score (nSPS) is 10.9. The Kier molecular flexibility index (Phi) is 5.13. The van der Waals surface area contributed by atoms with E-state index in [1.165, 1.54) is 6.21 Å². The van der Waals surface area contributed by atoms with E-state index >= 15 is 0 Å². The lowest BCUT2D eigenvalue weighted by Crippen LogP contribution is -2.17. The number of carbonyl (C=O) groups excluding carboxylic acids is 1. The van der Waals surface area contributed by atoms with Crippen molar-refractivity contribution in [2.75, 3.05) is 0 Å². The van der Waals surface area contributed by atoms with Gasteiger partial charge < -0.3 is 4.42 Å². The Balaban J connectivity index is 1.66. The highest BCUT2D eigenvalue weighted by molar-refractivity contribution is 9.10. The van der Waals surface area contributed by atoms with E-state index in [0.29, 0.717) is 22.1 Å². The second kappa shape index (κ2) is 7.47. The highest BCUT2D eigenvalue weighted by Crippen LogP contribution is 2.24. The number of hydrogen-bond donors (Lipinski definition) is 1. The van der Waals surface area contributed by atoms with Crippen molar-refractivity contribution in [3.63, 3.8) is 0 Å². The van der Waals surface area contributed by atoms with Crippen LogP contribution in [0, 0.1) is 0 Å². The summed E-state index contributed by atoms with van der Waals surface area (Å²) in [5.74, 6) is 0.908. The standard InChI is InChI=1S/C18H12BrClN2O2/c19-14-5-1-4-13(9-14)18(23)22-21-11-16-7-8-17(24-16)12-3-2-6-15(20)10-12/h1-11H,(H,22,23)/b21-11-. The molecule has 0 aliphatic heterocycles. The van der Waals surface area contributed by atoms with E-state index in [0.717, 1.165) is 10.0 Å². The molecule has 1 amide bonds. The van der Waals surface area contributed by atoms with Crippen LogP contribution in [0.15, 0.2) is 74.7 Å². The molecule has 0 spiro atoms. The molecule has 3 aromatic rings. The summed E-state index contributed by atoms with van der Waals surface area (Å²) in [7, 11) is 0. The Morgan fingerprint density at radius 3 is 2.75 bits per heavy atom. The van der Waals surface area contributed by atoms with E-state index < -0.39 is 0 Å². The molecule has 0 fully saturated rings. The van der Waals surface area contributed by atoms with Crippen molar-refractivity contribution < 1.29 is 9.21 Å². The molecule has 6 heteroatoms. The molecular weight excluding hydrogens is 392 g/mol. The summed E-state index contributed by atoms with van der Waals surface area (Å²) in [6.07, 6.45) is 1.45. The molecule has 0 saturated carbocycles. The smallest absolute Gasteiger partial charge is 0.271 e. The van der Waals surface area contributed by atoms with Crippen LogP contribution >= 0.6 is 27.5 Å². The van der Waals surface area contributed by atoms with E-state index in [4.69, 9.17) is 16.0 Å². The first-order chi connectivity index (χ1) is 11.6. The Bertz CT molecular complexity index is 905. The fourth-order valence-electron chi connectivity index (χ4n) is 2.07. The minimum absolute atomic E-state index is 0.297. The van der Waals surface area contributed by atoms with Crippen LogP contribution in [0.2, 0.25) is 5.02 Å². The highest BCUT2D eigenvalue weighted by Gasteiger charge is 2.05. The van der Waals surface area contributed by atoms with Gasteiger partial charge in [0.1, 0.15) is 11.5 Å². The molecular formula is C18H12BrClN2O2. The van der Waals surface area contributed by atoms with Gasteiger partial charge in [-0.15, -0.1) is 0 Å². The minimum Gasteiger partial charge on any atom is -0.455 e. The van der Waals surface area contributed by atoms with E-state index in [1.54, 1.807) is 30.3 Å². The first-order valence-electron chi connectivity index (χ1n) is 7.06. The zero-order valence-corrected chi connectivity index (χ0v) is 14.7. The summed E-state index contributed by atoms with van der Waals surface area (Å²) in [5, 5.41) is 4.55. The van der Waals surface area contributed by atoms with Crippen molar-refractivity contribution in [3.8, 4) is 11.3 Å². The van der Waals surface area contributed by atoms with Gasteiger partial charge in [0.25, 0.3) is 5.91 Å². The summed E-state index contributed by atoms with van der Waals surface area (Å²) >= 11 is 9.29. The molecule has 0 aliphatic rings. The maximum absolute atomic E-state index is 12.0. The van der Waals surface area contributed by atoms with Gasteiger partial charge in [-0.1, -0.05) is 45.7 Å². The summed E-state index contributed by atoms with van der Waals surface area (Å²) < 4.78 is 6.49. The maximum Gasteiger partial charge on any atom is 0.271 e. The van der Waals surface area contributed by atoms with E-state index in [9.17, 15) is 4.79 Å². The van der Waals surface area contributed by atoms with E-state index in [2.05, 4.69) is 26.5 Å². The molecule has 1 aromatic heterocycles. The van der Waals surface area contributed by atoms with Crippen molar-refractivity contribution >= 4 is 39.7 Å². The molecule has 120 valence electrons. The fraction of sp³-hybridized carbons (Fsp3) is 0. The second-order valence-corrected chi connectivity index (χ2v) is 6.27. The number of nitrogens with zero attached hydrogens (tertiary/aromatic N) is 1. The van der Waals surface area contributed by atoms with Crippen molar-refractivity contribution in [1.82, 2.24) is 5.43 Å². The fourth-order valence-corrected chi connectivity index (χ4v) is 2.66. The number of hydrogen-bond acceptors (Lipinski definition) is 3. The van der Waals surface area contributed by atoms with Gasteiger partial charge in [-0.05, 0) is 42.5 Å². The number of furan rings is 1. The van der Waals surface area contributed by atoms with Crippen LogP contribution in [-0.4, -0.2) is 12.1 Å². The van der Waals surface area contributed by atoms with Gasteiger partial charge >= 0.3 is 0 Å². The highest BCUT2D eigenvalue weighted by atomic mass is 79.9. The Hall–Kier alpha value is -2.37. The lowest BCUT2D eigenvalue weighted by atomic mass is 10.2. The van der Waals surface area contributed by atoms with Crippen LogP contribution in [0.25, 0.3) is 11.3 Å². The average molecular weight is 404 g/mol. The Labute approximate surface area is 152 Å². The molecule has 1 heterocycles. The average Bonchev–Trinajstić information content (AvgIpc) is 3.04. The molecule has 0 radical (unpaired) electrons. The summed E-state index contributed by atoms with van der Waals surface area (Å²) in [4.78, 5) is 12.0. The SMILES string of the molecule is O=C(N/N=C\c1ccc(-c2cccc(Cl)c2)o1)c1cccc(Br)c1. The largest absolute Gasteiger partial charge is 0.455 e. The number of benzene rings is 2.